The van der Waals surface area contributed by atoms with Gasteiger partial charge in [-0.05, 0) is 26.1 Å². The van der Waals surface area contributed by atoms with Crippen molar-refractivity contribution in [2.45, 2.75) is 24.0 Å². The van der Waals surface area contributed by atoms with Crippen molar-refractivity contribution >= 4 is 11.8 Å². The fourth-order valence-electron chi connectivity index (χ4n) is 1.64. The summed E-state index contributed by atoms with van der Waals surface area (Å²) >= 11 is 1.52. The number of hydrogen-bond acceptors (Lipinski definition) is 5. The van der Waals surface area contributed by atoms with Crippen molar-refractivity contribution < 1.29 is 14.9 Å². The Morgan fingerprint density at radius 3 is 2.72 bits per heavy atom. The van der Waals surface area contributed by atoms with Gasteiger partial charge < -0.3 is 20.3 Å². The molecule has 2 atom stereocenters. The second-order valence-electron chi connectivity index (χ2n) is 4.03. The fraction of sp³-hybridized carbons (Fsp3) is 0.538. The first kappa shape index (κ1) is 15.3. The molecule has 0 aliphatic carbocycles. The van der Waals surface area contributed by atoms with Crippen LogP contribution in [-0.4, -0.2) is 42.8 Å². The lowest BCUT2D eigenvalue weighted by molar-refractivity contribution is 0.113. The highest BCUT2D eigenvalue weighted by Gasteiger charge is 2.16. The maximum Gasteiger partial charge on any atom is 0.124 e. The molecule has 0 fully saturated rings. The molecule has 0 amide bonds. The summed E-state index contributed by atoms with van der Waals surface area (Å²) in [5.41, 5.74) is 1.08. The highest BCUT2D eigenvalue weighted by Crippen LogP contribution is 2.34. The van der Waals surface area contributed by atoms with Gasteiger partial charge >= 0.3 is 0 Å². The van der Waals surface area contributed by atoms with E-state index in [1.807, 2.05) is 25.2 Å². The fourth-order valence-corrected chi connectivity index (χ4v) is 2.72. The summed E-state index contributed by atoms with van der Waals surface area (Å²) in [6.45, 7) is 1.85. The molecule has 0 aliphatic rings. The summed E-state index contributed by atoms with van der Waals surface area (Å²) in [6, 6.07) is 6.02. The Bertz CT molecular complexity index is 373. The van der Waals surface area contributed by atoms with Gasteiger partial charge in [0.05, 0.1) is 19.8 Å². The van der Waals surface area contributed by atoms with E-state index in [1.54, 1.807) is 7.11 Å². The topological polar surface area (TPSA) is 61.7 Å². The zero-order chi connectivity index (χ0) is 13.5. The smallest absolute Gasteiger partial charge is 0.124 e. The molecule has 1 aromatic rings. The third-order valence-corrected chi connectivity index (χ3v) is 3.97. The number of thioether (sulfide) groups is 1. The largest absolute Gasteiger partial charge is 0.496 e. The van der Waals surface area contributed by atoms with E-state index >= 15 is 0 Å². The van der Waals surface area contributed by atoms with E-state index in [1.165, 1.54) is 11.8 Å². The number of aliphatic hydroxyl groups is 2. The first-order valence-corrected chi connectivity index (χ1v) is 6.88. The highest BCUT2D eigenvalue weighted by molar-refractivity contribution is 7.99. The van der Waals surface area contributed by atoms with Gasteiger partial charge in [0.2, 0.25) is 0 Å². The molecule has 0 aliphatic heterocycles. The van der Waals surface area contributed by atoms with E-state index in [4.69, 9.17) is 9.84 Å². The molecule has 1 rings (SSSR count). The summed E-state index contributed by atoms with van der Waals surface area (Å²) in [6.07, 6.45) is -0.695. The number of hydrogen-bond donors (Lipinski definition) is 3. The second-order valence-corrected chi connectivity index (χ2v) is 5.09. The van der Waals surface area contributed by atoms with Crippen LogP contribution in [0.2, 0.25) is 0 Å². The Morgan fingerprint density at radius 1 is 1.44 bits per heavy atom. The van der Waals surface area contributed by atoms with E-state index in [-0.39, 0.29) is 12.6 Å². The molecule has 3 N–H and O–H groups in total. The molecule has 5 heteroatoms. The first-order chi connectivity index (χ1) is 8.63. The molecule has 0 heterocycles. The molecule has 1 aromatic carbocycles. The summed E-state index contributed by atoms with van der Waals surface area (Å²) in [4.78, 5) is 1.06. The maximum atomic E-state index is 9.41. The van der Waals surface area contributed by atoms with Crippen LogP contribution < -0.4 is 10.1 Å². The molecular formula is C13H21NO3S. The van der Waals surface area contributed by atoms with Crippen LogP contribution in [0.4, 0.5) is 0 Å². The van der Waals surface area contributed by atoms with Crippen LogP contribution in [0.5, 0.6) is 5.75 Å². The summed E-state index contributed by atoms with van der Waals surface area (Å²) < 4.78 is 5.38. The molecule has 0 saturated carbocycles. The van der Waals surface area contributed by atoms with Gasteiger partial charge in [-0.15, -0.1) is 11.8 Å². The van der Waals surface area contributed by atoms with Crippen molar-refractivity contribution in [2.75, 3.05) is 26.5 Å². The molecule has 0 saturated heterocycles. The summed E-state index contributed by atoms with van der Waals surface area (Å²) in [7, 11) is 3.55. The summed E-state index contributed by atoms with van der Waals surface area (Å²) in [5.74, 6) is 1.30. The van der Waals surface area contributed by atoms with Gasteiger partial charge in [-0.3, -0.25) is 0 Å². The van der Waals surface area contributed by atoms with Crippen molar-refractivity contribution in [3.8, 4) is 5.75 Å². The van der Waals surface area contributed by atoms with E-state index in [9.17, 15) is 5.11 Å². The molecule has 102 valence electrons. The van der Waals surface area contributed by atoms with Gasteiger partial charge in [0.1, 0.15) is 5.75 Å². The van der Waals surface area contributed by atoms with Crippen LogP contribution in [-0.2, 0) is 0 Å². The first-order valence-electron chi connectivity index (χ1n) is 5.89. The third-order valence-electron chi connectivity index (χ3n) is 2.75. The van der Waals surface area contributed by atoms with Gasteiger partial charge in [0, 0.05) is 22.3 Å². The van der Waals surface area contributed by atoms with Crippen LogP contribution >= 0.6 is 11.8 Å². The Hall–Kier alpha value is -0.750. The van der Waals surface area contributed by atoms with E-state index < -0.39 is 6.10 Å². The Kier molecular flexibility index (Phi) is 6.49. The van der Waals surface area contributed by atoms with Gasteiger partial charge in [0.25, 0.3) is 0 Å². The second kappa shape index (κ2) is 7.63. The normalized spacial score (nSPS) is 14.3. The van der Waals surface area contributed by atoms with Crippen molar-refractivity contribution in [1.29, 1.82) is 0 Å². The zero-order valence-corrected chi connectivity index (χ0v) is 11.8. The minimum Gasteiger partial charge on any atom is -0.496 e. The van der Waals surface area contributed by atoms with Crippen molar-refractivity contribution in [3.05, 3.63) is 23.8 Å². The molecule has 2 unspecified atom stereocenters. The SMILES string of the molecule is CNC(C)c1c(OC)cccc1SCC(O)CO. The minimum atomic E-state index is -0.695. The number of methoxy groups -OCH3 is 1. The number of ether oxygens (including phenoxy) is 1. The van der Waals surface area contributed by atoms with Crippen LogP contribution in [0.15, 0.2) is 23.1 Å². The highest BCUT2D eigenvalue weighted by atomic mass is 32.2. The molecule has 0 spiro atoms. The lowest BCUT2D eigenvalue weighted by Crippen LogP contribution is -2.17. The van der Waals surface area contributed by atoms with Crippen molar-refractivity contribution in [2.24, 2.45) is 0 Å². The number of benzene rings is 1. The number of aliphatic hydroxyl groups excluding tert-OH is 2. The van der Waals surface area contributed by atoms with Crippen LogP contribution in [0.3, 0.4) is 0 Å². The third kappa shape index (κ3) is 3.88. The lowest BCUT2D eigenvalue weighted by atomic mass is 10.1. The van der Waals surface area contributed by atoms with E-state index in [0.29, 0.717) is 5.75 Å². The number of nitrogens with one attached hydrogen (secondary N) is 1. The van der Waals surface area contributed by atoms with Crippen molar-refractivity contribution in [1.82, 2.24) is 5.32 Å². The Labute approximate surface area is 112 Å². The maximum absolute atomic E-state index is 9.41. The average Bonchev–Trinajstić information content (AvgIpc) is 2.43. The van der Waals surface area contributed by atoms with Crippen molar-refractivity contribution in [3.63, 3.8) is 0 Å². The molecular weight excluding hydrogens is 250 g/mol. The molecule has 0 bridgehead atoms. The predicted molar refractivity (Wildman–Crippen MR) is 74.3 cm³/mol. The molecule has 0 radical (unpaired) electrons. The minimum absolute atomic E-state index is 0.162. The quantitative estimate of drug-likeness (QED) is 0.655. The predicted octanol–water partition coefficient (Wildman–Crippen LogP) is 1.42. The molecule has 0 aromatic heterocycles. The monoisotopic (exact) mass is 271 g/mol. The Balaban J connectivity index is 2.95. The van der Waals surface area contributed by atoms with Gasteiger partial charge in [-0.25, -0.2) is 0 Å². The van der Waals surface area contributed by atoms with Gasteiger partial charge in [-0.1, -0.05) is 6.07 Å². The molecule has 4 nitrogen and oxygen atoms in total. The zero-order valence-electron chi connectivity index (χ0n) is 11.0. The number of rotatable bonds is 7. The standard InChI is InChI=1S/C13H21NO3S/c1-9(14-2)13-11(17-3)5-4-6-12(13)18-8-10(16)7-15/h4-6,9-10,14-16H,7-8H2,1-3H3. The lowest BCUT2D eigenvalue weighted by Gasteiger charge is -2.19. The van der Waals surface area contributed by atoms with E-state index in [0.717, 1.165) is 16.2 Å². The Morgan fingerprint density at radius 2 is 2.17 bits per heavy atom. The molecule has 18 heavy (non-hydrogen) atoms. The van der Waals surface area contributed by atoms with Crippen LogP contribution in [0, 0.1) is 0 Å². The van der Waals surface area contributed by atoms with E-state index in [2.05, 4.69) is 12.2 Å². The summed E-state index contributed by atoms with van der Waals surface area (Å²) in [5, 5.41) is 21.4. The van der Waals surface area contributed by atoms with Crippen LogP contribution in [0.1, 0.15) is 18.5 Å². The van der Waals surface area contributed by atoms with Gasteiger partial charge in [-0.2, -0.15) is 0 Å². The van der Waals surface area contributed by atoms with Gasteiger partial charge in [0.15, 0.2) is 0 Å². The average molecular weight is 271 g/mol. The van der Waals surface area contributed by atoms with Crippen LogP contribution in [0.25, 0.3) is 0 Å².